The van der Waals surface area contributed by atoms with Gasteiger partial charge in [-0.15, -0.1) is 0 Å². The van der Waals surface area contributed by atoms with Crippen LogP contribution in [0.25, 0.3) is 0 Å². The summed E-state index contributed by atoms with van der Waals surface area (Å²) in [7, 11) is 0. The first-order chi connectivity index (χ1) is 5.66. The minimum atomic E-state index is 0.151. The number of hydrogen-bond donors (Lipinski definition) is 0. The first-order valence-corrected chi connectivity index (χ1v) is 5.23. The molecule has 0 saturated carbocycles. The number of halogens is 1. The van der Waals surface area contributed by atoms with E-state index >= 15 is 0 Å². The summed E-state index contributed by atoms with van der Waals surface area (Å²) in [6, 6.07) is 0.414. The van der Waals surface area contributed by atoms with Crippen molar-refractivity contribution in [2.45, 2.75) is 25.9 Å². The van der Waals surface area contributed by atoms with Gasteiger partial charge in [0.25, 0.3) is 0 Å². The van der Waals surface area contributed by atoms with Crippen molar-refractivity contribution in [3.63, 3.8) is 0 Å². The van der Waals surface area contributed by atoms with Gasteiger partial charge in [0.15, 0.2) is 0 Å². The summed E-state index contributed by atoms with van der Waals surface area (Å²) in [5.41, 5.74) is 0. The number of rotatable bonds is 1. The van der Waals surface area contributed by atoms with Crippen LogP contribution in [0.4, 0.5) is 0 Å². The van der Waals surface area contributed by atoms with Crippen molar-refractivity contribution in [1.82, 2.24) is 4.90 Å². The molecule has 0 unspecified atom stereocenters. The zero-order chi connectivity index (χ0) is 9.14. The number of alkyl halides is 1. The molecule has 4 heteroatoms. The van der Waals surface area contributed by atoms with Gasteiger partial charge in [-0.05, 0) is 13.8 Å². The maximum Gasteiger partial charge on any atom is 0.233 e. The SMILES string of the molecule is C[C@@H]1COC[C@H](C)N1C(=O)CBr. The van der Waals surface area contributed by atoms with Crippen molar-refractivity contribution < 1.29 is 9.53 Å². The molecule has 0 spiro atoms. The van der Waals surface area contributed by atoms with E-state index in [1.165, 1.54) is 0 Å². The molecule has 3 nitrogen and oxygen atoms in total. The normalized spacial score (nSPS) is 30.4. The van der Waals surface area contributed by atoms with Gasteiger partial charge in [-0.2, -0.15) is 0 Å². The molecule has 0 aromatic carbocycles. The molecule has 2 atom stereocenters. The van der Waals surface area contributed by atoms with Gasteiger partial charge in [0.05, 0.1) is 30.6 Å². The molecule has 1 aliphatic rings. The van der Waals surface area contributed by atoms with E-state index in [0.29, 0.717) is 18.5 Å². The summed E-state index contributed by atoms with van der Waals surface area (Å²) in [6.45, 7) is 5.33. The van der Waals surface area contributed by atoms with Crippen molar-refractivity contribution in [3.8, 4) is 0 Å². The van der Waals surface area contributed by atoms with Gasteiger partial charge in [-0.3, -0.25) is 4.79 Å². The molecule has 1 fully saturated rings. The zero-order valence-corrected chi connectivity index (χ0v) is 9.00. The first-order valence-electron chi connectivity index (χ1n) is 4.11. The summed E-state index contributed by atoms with van der Waals surface area (Å²) >= 11 is 3.17. The average Bonchev–Trinajstić information content (AvgIpc) is 2.03. The van der Waals surface area contributed by atoms with Gasteiger partial charge in [0, 0.05) is 0 Å². The van der Waals surface area contributed by atoms with Gasteiger partial charge in [0.1, 0.15) is 0 Å². The van der Waals surface area contributed by atoms with Crippen LogP contribution >= 0.6 is 15.9 Å². The Morgan fingerprint density at radius 3 is 2.42 bits per heavy atom. The van der Waals surface area contributed by atoms with Crippen molar-refractivity contribution in [1.29, 1.82) is 0 Å². The van der Waals surface area contributed by atoms with Gasteiger partial charge in [-0.25, -0.2) is 0 Å². The fourth-order valence-electron chi connectivity index (χ4n) is 1.56. The highest BCUT2D eigenvalue weighted by Crippen LogP contribution is 2.13. The molecular weight excluding hydrogens is 222 g/mol. The predicted molar refractivity (Wildman–Crippen MR) is 50.4 cm³/mol. The van der Waals surface area contributed by atoms with Crippen molar-refractivity contribution in [2.75, 3.05) is 18.5 Å². The molecule has 1 heterocycles. The van der Waals surface area contributed by atoms with Gasteiger partial charge < -0.3 is 9.64 Å². The van der Waals surface area contributed by atoms with Crippen LogP contribution in [-0.4, -0.2) is 41.4 Å². The fourth-order valence-corrected chi connectivity index (χ4v) is 1.85. The van der Waals surface area contributed by atoms with Crippen LogP contribution in [0.2, 0.25) is 0 Å². The van der Waals surface area contributed by atoms with E-state index in [0.717, 1.165) is 0 Å². The lowest BCUT2D eigenvalue weighted by Crippen LogP contribution is -2.52. The Balaban J connectivity index is 2.62. The van der Waals surface area contributed by atoms with Gasteiger partial charge in [-0.1, -0.05) is 15.9 Å². The molecule has 1 amide bonds. The summed E-state index contributed by atoms with van der Waals surface area (Å²) < 4.78 is 5.31. The highest BCUT2D eigenvalue weighted by molar-refractivity contribution is 9.09. The number of carbonyl (C=O) groups is 1. The molecule has 0 bridgehead atoms. The smallest absolute Gasteiger partial charge is 0.233 e. The summed E-state index contributed by atoms with van der Waals surface area (Å²) in [6.07, 6.45) is 0. The predicted octanol–water partition coefficient (Wildman–Crippen LogP) is 1.02. The summed E-state index contributed by atoms with van der Waals surface area (Å²) in [5, 5.41) is 0.404. The highest BCUT2D eigenvalue weighted by atomic mass is 79.9. The maximum absolute atomic E-state index is 11.4. The highest BCUT2D eigenvalue weighted by Gasteiger charge is 2.28. The second kappa shape index (κ2) is 4.23. The number of hydrogen-bond acceptors (Lipinski definition) is 2. The Kier molecular flexibility index (Phi) is 3.53. The second-order valence-corrected chi connectivity index (χ2v) is 3.73. The van der Waals surface area contributed by atoms with Crippen molar-refractivity contribution in [2.24, 2.45) is 0 Å². The quantitative estimate of drug-likeness (QED) is 0.636. The van der Waals surface area contributed by atoms with Gasteiger partial charge in [0.2, 0.25) is 5.91 Å². The van der Waals surface area contributed by atoms with Crippen LogP contribution in [-0.2, 0) is 9.53 Å². The Morgan fingerprint density at radius 2 is 2.00 bits per heavy atom. The number of morpholine rings is 1. The molecule has 0 aliphatic carbocycles. The third-order valence-electron chi connectivity index (χ3n) is 2.07. The van der Waals surface area contributed by atoms with Crippen LogP contribution in [0, 0.1) is 0 Å². The molecule has 1 saturated heterocycles. The third kappa shape index (κ3) is 1.98. The molecule has 0 radical (unpaired) electrons. The van der Waals surface area contributed by atoms with E-state index in [-0.39, 0.29) is 18.0 Å². The third-order valence-corrected chi connectivity index (χ3v) is 2.55. The Labute approximate surface area is 81.2 Å². The molecular formula is C8H14BrNO2. The van der Waals surface area contributed by atoms with Gasteiger partial charge >= 0.3 is 0 Å². The molecule has 1 rings (SSSR count). The minimum absolute atomic E-state index is 0.151. The van der Waals surface area contributed by atoms with E-state index in [4.69, 9.17) is 4.74 Å². The molecule has 0 aromatic rings. The standard InChI is InChI=1S/C8H14BrNO2/c1-6-4-12-5-7(2)10(6)8(11)3-9/h6-7H,3-5H2,1-2H3/t6-,7+. The Morgan fingerprint density at radius 1 is 1.50 bits per heavy atom. The monoisotopic (exact) mass is 235 g/mol. The Hall–Kier alpha value is -0.0900. The lowest BCUT2D eigenvalue weighted by molar-refractivity contribution is -0.141. The van der Waals surface area contributed by atoms with Crippen LogP contribution < -0.4 is 0 Å². The van der Waals surface area contributed by atoms with Crippen molar-refractivity contribution in [3.05, 3.63) is 0 Å². The molecule has 0 N–H and O–H groups in total. The second-order valence-electron chi connectivity index (χ2n) is 3.17. The maximum atomic E-state index is 11.4. The average molecular weight is 236 g/mol. The number of amides is 1. The fraction of sp³-hybridized carbons (Fsp3) is 0.875. The molecule has 1 aliphatic heterocycles. The largest absolute Gasteiger partial charge is 0.377 e. The van der Waals surface area contributed by atoms with Crippen LogP contribution in [0.3, 0.4) is 0 Å². The van der Waals surface area contributed by atoms with E-state index in [1.807, 2.05) is 18.7 Å². The lowest BCUT2D eigenvalue weighted by Gasteiger charge is -2.38. The summed E-state index contributed by atoms with van der Waals surface area (Å²) in [5.74, 6) is 0.151. The van der Waals surface area contributed by atoms with E-state index < -0.39 is 0 Å². The number of nitrogens with zero attached hydrogens (tertiary/aromatic N) is 1. The van der Waals surface area contributed by atoms with Crippen molar-refractivity contribution >= 4 is 21.8 Å². The zero-order valence-electron chi connectivity index (χ0n) is 7.42. The van der Waals surface area contributed by atoms with E-state index in [1.54, 1.807) is 0 Å². The van der Waals surface area contributed by atoms with E-state index in [9.17, 15) is 4.79 Å². The van der Waals surface area contributed by atoms with Crippen LogP contribution in [0.5, 0.6) is 0 Å². The Bertz CT molecular complexity index is 164. The molecule has 0 aromatic heterocycles. The van der Waals surface area contributed by atoms with Crippen LogP contribution in [0.1, 0.15) is 13.8 Å². The minimum Gasteiger partial charge on any atom is -0.377 e. The number of ether oxygens (including phenoxy) is 1. The number of carbonyl (C=O) groups excluding carboxylic acids is 1. The first kappa shape index (κ1) is 9.99. The summed E-state index contributed by atoms with van der Waals surface area (Å²) in [4.78, 5) is 13.3. The molecule has 12 heavy (non-hydrogen) atoms. The van der Waals surface area contributed by atoms with Crippen LogP contribution in [0.15, 0.2) is 0 Å². The van der Waals surface area contributed by atoms with E-state index in [2.05, 4.69) is 15.9 Å². The molecule has 70 valence electrons. The lowest BCUT2D eigenvalue weighted by atomic mass is 10.2. The topological polar surface area (TPSA) is 29.5 Å².